The summed E-state index contributed by atoms with van der Waals surface area (Å²) >= 11 is 0. The molecule has 374 valence electrons. The Labute approximate surface area is 438 Å². The summed E-state index contributed by atoms with van der Waals surface area (Å²) in [5.74, 6) is 0. The van der Waals surface area contributed by atoms with E-state index in [4.69, 9.17) is 12.9 Å². The quantitative estimate of drug-likeness (QED) is 0.0804. The minimum absolute atomic E-state index is 0.0616. The second kappa shape index (κ2) is 19.5. The third kappa shape index (κ3) is 7.00. The van der Waals surface area contributed by atoms with Gasteiger partial charge in [0.2, 0.25) is 0 Å². The van der Waals surface area contributed by atoms with Crippen LogP contribution >= 0.6 is 28.3 Å². The van der Waals surface area contributed by atoms with Crippen LogP contribution in [0.3, 0.4) is 0 Å². The van der Waals surface area contributed by atoms with Crippen LogP contribution in [0.15, 0.2) is 273 Å². The number of hydrogen-bond donors (Lipinski definition) is 0. The average Bonchev–Trinajstić information content (AvgIpc) is 3.53. The van der Waals surface area contributed by atoms with Crippen molar-refractivity contribution >= 4 is 76.1 Å². The summed E-state index contributed by atoms with van der Waals surface area (Å²) in [5, 5.41) is 9.12. The number of hydrogen-bond acceptors (Lipinski definition) is 4. The zero-order valence-electron chi connectivity index (χ0n) is 42.0. The van der Waals surface area contributed by atoms with Crippen LogP contribution in [0.2, 0.25) is 0 Å². The molecule has 74 heavy (non-hydrogen) atoms. The molecule has 9 aromatic carbocycles. The zero-order chi connectivity index (χ0) is 50.1. The Hall–Kier alpha value is -5.62. The molecule has 0 radical (unpaired) electrons. The van der Waals surface area contributed by atoms with Gasteiger partial charge in [-0.2, -0.15) is 0 Å². The fourth-order valence-electron chi connectivity index (χ4n) is 13.7. The maximum absolute atomic E-state index is 19.8. The van der Waals surface area contributed by atoms with Crippen LogP contribution in [-0.2, 0) is 17.5 Å². The number of benzene rings is 9. The molecule has 3 aliphatic rings. The topological polar surface area (TPSA) is 44.8 Å². The van der Waals surface area contributed by atoms with E-state index in [1.807, 2.05) is 0 Å². The summed E-state index contributed by atoms with van der Waals surface area (Å²) in [6.07, 6.45) is 8.31. The van der Waals surface area contributed by atoms with E-state index in [9.17, 15) is 0 Å². The molecule has 3 fully saturated rings. The predicted octanol–water partition coefficient (Wildman–Crippen LogP) is 14.1. The van der Waals surface area contributed by atoms with Crippen molar-refractivity contribution in [2.75, 3.05) is 0 Å². The van der Waals surface area contributed by atoms with Gasteiger partial charge in [-0.15, -0.1) is 0 Å². The van der Waals surface area contributed by atoms with Gasteiger partial charge < -0.3 is 0 Å². The molecule has 9 aromatic rings. The van der Waals surface area contributed by atoms with E-state index in [1.165, 1.54) is 0 Å². The first-order chi connectivity index (χ1) is 36.4. The van der Waals surface area contributed by atoms with Crippen LogP contribution < -0.4 is 47.7 Å². The molecular weight excluding hydrogens is 981 g/mol. The van der Waals surface area contributed by atoms with Crippen LogP contribution in [0.4, 0.5) is 0 Å². The van der Waals surface area contributed by atoms with Gasteiger partial charge in [-0.1, -0.05) is 0 Å². The molecule has 3 saturated carbocycles. The predicted molar refractivity (Wildman–Crippen MR) is 319 cm³/mol. The van der Waals surface area contributed by atoms with Crippen molar-refractivity contribution in [1.82, 2.24) is 0 Å². The first kappa shape index (κ1) is 49.3. The fraction of sp³-hybridized carbons (Fsp3) is 0.182. The molecule has 8 heteroatoms. The van der Waals surface area contributed by atoms with Gasteiger partial charge in [0.25, 0.3) is 0 Å². The summed E-state index contributed by atoms with van der Waals surface area (Å²) in [5.41, 5.74) is -0.185. The van der Waals surface area contributed by atoms with Crippen molar-refractivity contribution in [2.45, 2.75) is 74.8 Å². The van der Waals surface area contributed by atoms with Crippen LogP contribution in [0, 0.1) is 0 Å². The molecular formula is C66H66O4P4. The van der Waals surface area contributed by atoms with Gasteiger partial charge in [0.05, 0.1) is 0 Å². The third-order valence-corrected chi connectivity index (χ3v) is 41.7. The van der Waals surface area contributed by atoms with E-state index in [1.54, 1.807) is 0 Å². The van der Waals surface area contributed by atoms with Gasteiger partial charge >= 0.3 is 441 Å². The monoisotopic (exact) mass is 1050 g/mol. The molecule has 0 aromatic heterocycles. The summed E-state index contributed by atoms with van der Waals surface area (Å²) in [7, 11) is -5.19. The summed E-state index contributed by atoms with van der Waals surface area (Å²) < 4.78 is 46.8. The average molecular weight is 1050 g/mol. The van der Waals surface area contributed by atoms with E-state index >= 15 is 4.57 Å². The van der Waals surface area contributed by atoms with E-state index in [0.29, 0.717) is 0 Å². The molecule has 4 nitrogen and oxygen atoms in total. The van der Waals surface area contributed by atoms with Gasteiger partial charge in [0.1, 0.15) is 0 Å². The van der Waals surface area contributed by atoms with Crippen molar-refractivity contribution in [3.05, 3.63) is 273 Å². The van der Waals surface area contributed by atoms with Crippen molar-refractivity contribution < 1.29 is 17.5 Å². The Kier molecular flexibility index (Phi) is 13.0. The van der Waals surface area contributed by atoms with Crippen LogP contribution in [0.1, 0.15) is 57.8 Å². The molecule has 0 bridgehead atoms. The number of phosphoric acid groups is 1. The molecule has 0 saturated heterocycles. The summed E-state index contributed by atoms with van der Waals surface area (Å²) in [4.78, 5) is 0. The molecule has 12 rings (SSSR count). The Balaban J connectivity index is 1.32. The molecule has 0 heterocycles. The second-order valence-electron chi connectivity index (χ2n) is 20.8. The van der Waals surface area contributed by atoms with E-state index in [2.05, 4.69) is 273 Å². The van der Waals surface area contributed by atoms with Crippen LogP contribution in [-0.4, -0.2) is 17.0 Å². The van der Waals surface area contributed by atoms with Gasteiger partial charge in [-0.3, -0.25) is 0 Å². The fourth-order valence-corrected chi connectivity index (χ4v) is 42.2. The molecule has 0 spiro atoms. The van der Waals surface area contributed by atoms with E-state index < -0.39 is 28.3 Å². The SMILES string of the molecule is O=P(OP(c1ccccc1)(c1ccccc1)(c1ccccc1)C1CCC1)(OP(c1ccccc1)(c1ccccc1)(c1ccccc1)C1CCC1)OP(c1ccccc1)(c1ccccc1)(c1ccccc1)C1CCC1. The Bertz CT molecular complexity index is 2700. The zero-order valence-corrected chi connectivity index (χ0v) is 45.6. The van der Waals surface area contributed by atoms with Crippen LogP contribution in [0.5, 0.6) is 0 Å². The summed E-state index contributed by atoms with van der Waals surface area (Å²) in [6, 6.07) is 97.6. The van der Waals surface area contributed by atoms with E-state index in [0.717, 1.165) is 106 Å². The maximum atomic E-state index is 19.8. The molecule has 0 aliphatic heterocycles. The first-order valence-electron chi connectivity index (χ1n) is 26.7. The van der Waals surface area contributed by atoms with Gasteiger partial charge in [-0.05, 0) is 0 Å². The molecule has 0 atom stereocenters. The van der Waals surface area contributed by atoms with E-state index in [-0.39, 0.29) is 17.0 Å². The van der Waals surface area contributed by atoms with Gasteiger partial charge in [0, 0.05) is 0 Å². The van der Waals surface area contributed by atoms with Crippen molar-refractivity contribution in [3.8, 4) is 0 Å². The normalized spacial score (nSPS) is 18.0. The molecule has 0 unspecified atom stereocenters. The third-order valence-electron chi connectivity index (χ3n) is 17.5. The minimum atomic E-state index is -5.19. The first-order valence-corrected chi connectivity index (χ1v) is 34.8. The Morgan fingerprint density at radius 1 is 0.243 bits per heavy atom. The van der Waals surface area contributed by atoms with Crippen LogP contribution in [0.25, 0.3) is 0 Å². The van der Waals surface area contributed by atoms with Gasteiger partial charge in [0.15, 0.2) is 0 Å². The van der Waals surface area contributed by atoms with Crippen molar-refractivity contribution in [3.63, 3.8) is 0 Å². The van der Waals surface area contributed by atoms with Gasteiger partial charge in [-0.25, -0.2) is 0 Å². The molecule has 0 amide bonds. The standard InChI is InChI=1S/C66H66O4P4/c67-71(68-72(64-49-28-50-64,55-31-10-1-11-32-55,56-33-12-2-13-34-56)57-35-14-3-15-36-57,69-73(65-51-29-52-65,58-37-16-4-17-38-58,59-39-18-5-19-40-59)60-41-20-6-21-42-60)70-74(66-53-30-54-66,61-43-22-7-23-44-61,62-45-24-8-25-46-62)63-47-26-9-27-48-63/h1-27,31-48,64-66H,28-30,49-54H2. The molecule has 3 aliphatic carbocycles. The number of rotatable bonds is 18. The van der Waals surface area contributed by atoms with Crippen molar-refractivity contribution in [2.24, 2.45) is 0 Å². The Morgan fingerprint density at radius 3 is 0.486 bits per heavy atom. The van der Waals surface area contributed by atoms with Crippen molar-refractivity contribution in [1.29, 1.82) is 0 Å². The summed E-state index contributed by atoms with van der Waals surface area (Å²) in [6.45, 7) is -13.8. The Morgan fingerprint density at radius 2 is 0.378 bits per heavy atom. The second-order valence-corrected chi connectivity index (χ2v) is 37.1. The molecule has 0 N–H and O–H groups in total.